The summed E-state index contributed by atoms with van der Waals surface area (Å²) in [6.07, 6.45) is 6.55. The zero-order valence-electron chi connectivity index (χ0n) is 16.7. The first-order chi connectivity index (χ1) is 14.0. The number of likely N-dealkylation sites (tertiary alicyclic amines) is 1. The Morgan fingerprint density at radius 1 is 1.14 bits per heavy atom. The highest BCUT2D eigenvalue weighted by molar-refractivity contribution is 6.07. The third-order valence-corrected chi connectivity index (χ3v) is 6.26. The molecule has 2 aliphatic rings. The summed E-state index contributed by atoms with van der Waals surface area (Å²) in [6, 6.07) is 7.51. The van der Waals surface area contributed by atoms with E-state index in [0.29, 0.717) is 0 Å². The fraction of sp³-hybridized carbons (Fsp3) is 0.476. The van der Waals surface area contributed by atoms with E-state index < -0.39 is 0 Å². The van der Waals surface area contributed by atoms with Crippen molar-refractivity contribution in [1.82, 2.24) is 24.6 Å². The van der Waals surface area contributed by atoms with Crippen molar-refractivity contribution in [2.24, 2.45) is 11.8 Å². The lowest BCUT2D eigenvalue weighted by molar-refractivity contribution is -0.146. The number of nitrogens with zero attached hydrogens (tertiary/aromatic N) is 5. The Labute approximate surface area is 169 Å². The summed E-state index contributed by atoms with van der Waals surface area (Å²) in [7, 11) is 1.70. The van der Waals surface area contributed by atoms with Crippen molar-refractivity contribution in [3.8, 4) is 5.69 Å². The minimum atomic E-state index is -0.238. The van der Waals surface area contributed by atoms with Crippen LogP contribution in [-0.4, -0.2) is 55.9 Å². The molecular weight excluding hydrogens is 370 g/mol. The van der Waals surface area contributed by atoms with Gasteiger partial charge in [0.15, 0.2) is 0 Å². The zero-order chi connectivity index (χ0) is 20.5. The number of benzene rings is 1. The molecule has 8 heteroatoms. The maximum absolute atomic E-state index is 12.8. The molecule has 2 fully saturated rings. The number of hydrogen-bond donors (Lipinski definition) is 0. The second-order valence-corrected chi connectivity index (χ2v) is 7.87. The zero-order valence-corrected chi connectivity index (χ0v) is 16.7. The molecule has 8 nitrogen and oxygen atoms in total. The molecule has 152 valence electrons. The van der Waals surface area contributed by atoms with E-state index in [0.717, 1.165) is 36.9 Å². The molecule has 1 aromatic carbocycles. The first kappa shape index (κ1) is 19.3. The molecule has 4 rings (SSSR count). The van der Waals surface area contributed by atoms with Crippen LogP contribution in [0.4, 0.5) is 0 Å². The van der Waals surface area contributed by atoms with Crippen LogP contribution in [0.2, 0.25) is 0 Å². The monoisotopic (exact) mass is 395 g/mol. The van der Waals surface area contributed by atoms with E-state index >= 15 is 0 Å². The molecule has 1 aliphatic heterocycles. The molecule has 29 heavy (non-hydrogen) atoms. The van der Waals surface area contributed by atoms with Crippen LogP contribution >= 0.6 is 0 Å². The molecule has 1 saturated carbocycles. The lowest BCUT2D eigenvalue weighted by Crippen LogP contribution is -2.42. The highest BCUT2D eigenvalue weighted by Gasteiger charge is 2.48. The van der Waals surface area contributed by atoms with E-state index in [1.165, 1.54) is 11.2 Å². The number of rotatable bonds is 5. The molecule has 0 N–H and O–H groups in total. The molecule has 1 saturated heterocycles. The van der Waals surface area contributed by atoms with Gasteiger partial charge in [-0.25, -0.2) is 9.67 Å². The summed E-state index contributed by atoms with van der Waals surface area (Å²) in [5.74, 6) is -1.04. The minimum Gasteiger partial charge on any atom is -0.337 e. The smallest absolute Gasteiger partial charge is 0.242 e. The van der Waals surface area contributed by atoms with E-state index in [1.807, 2.05) is 31.2 Å². The average Bonchev–Trinajstić information content (AvgIpc) is 3.37. The van der Waals surface area contributed by atoms with Crippen molar-refractivity contribution < 1.29 is 14.4 Å². The van der Waals surface area contributed by atoms with Crippen molar-refractivity contribution in [3.05, 3.63) is 42.5 Å². The van der Waals surface area contributed by atoms with Crippen molar-refractivity contribution in [1.29, 1.82) is 0 Å². The maximum atomic E-state index is 12.8. The van der Waals surface area contributed by atoms with Crippen LogP contribution in [0.5, 0.6) is 0 Å². The number of likely N-dealkylation sites (N-methyl/N-ethyl adjacent to an activating group) is 1. The van der Waals surface area contributed by atoms with Crippen LogP contribution < -0.4 is 0 Å². The van der Waals surface area contributed by atoms with Crippen molar-refractivity contribution in [2.45, 2.75) is 38.6 Å². The summed E-state index contributed by atoms with van der Waals surface area (Å²) in [5, 5.41) is 4.10. The largest absolute Gasteiger partial charge is 0.337 e. The van der Waals surface area contributed by atoms with Crippen molar-refractivity contribution in [2.75, 3.05) is 13.6 Å². The third kappa shape index (κ3) is 3.54. The Bertz CT molecular complexity index is 885. The van der Waals surface area contributed by atoms with Gasteiger partial charge in [-0.2, -0.15) is 5.10 Å². The van der Waals surface area contributed by atoms with E-state index in [1.54, 1.807) is 23.0 Å². The summed E-state index contributed by atoms with van der Waals surface area (Å²) < 4.78 is 1.66. The van der Waals surface area contributed by atoms with Gasteiger partial charge in [0.1, 0.15) is 19.2 Å². The molecule has 0 bridgehead atoms. The Morgan fingerprint density at radius 3 is 2.31 bits per heavy atom. The molecule has 0 spiro atoms. The quantitative estimate of drug-likeness (QED) is 0.722. The predicted molar refractivity (Wildman–Crippen MR) is 105 cm³/mol. The number of carbonyl (C=O) groups excluding carboxylic acids is 3. The van der Waals surface area contributed by atoms with Crippen LogP contribution in [-0.2, 0) is 14.4 Å². The lowest BCUT2D eigenvalue weighted by atomic mass is 9.81. The molecule has 1 aromatic heterocycles. The van der Waals surface area contributed by atoms with E-state index in [2.05, 4.69) is 10.1 Å². The van der Waals surface area contributed by atoms with Gasteiger partial charge in [0.2, 0.25) is 17.7 Å². The van der Waals surface area contributed by atoms with Crippen molar-refractivity contribution in [3.63, 3.8) is 0 Å². The summed E-state index contributed by atoms with van der Waals surface area (Å²) in [4.78, 5) is 44.8. The molecule has 3 amide bonds. The first-order valence-corrected chi connectivity index (χ1v) is 10.0. The lowest BCUT2D eigenvalue weighted by Gasteiger charge is -2.27. The second kappa shape index (κ2) is 7.77. The highest BCUT2D eigenvalue weighted by atomic mass is 16.2. The molecule has 0 unspecified atom stereocenters. The fourth-order valence-corrected chi connectivity index (χ4v) is 4.32. The predicted octanol–water partition coefficient (Wildman–Crippen LogP) is 1.96. The van der Waals surface area contributed by atoms with Crippen LogP contribution in [0.3, 0.4) is 0 Å². The number of amides is 3. The Hall–Kier alpha value is -3.03. The van der Waals surface area contributed by atoms with Crippen LogP contribution in [0, 0.1) is 11.8 Å². The molecule has 1 aliphatic carbocycles. The Kier molecular flexibility index (Phi) is 5.17. The fourth-order valence-electron chi connectivity index (χ4n) is 4.32. The first-order valence-electron chi connectivity index (χ1n) is 10.0. The molecule has 2 heterocycles. The topological polar surface area (TPSA) is 88.4 Å². The summed E-state index contributed by atoms with van der Waals surface area (Å²) in [5.41, 5.74) is 1.83. The molecule has 3 atom stereocenters. The number of fused-ring (bicyclic) bond motifs is 1. The second-order valence-electron chi connectivity index (χ2n) is 7.87. The van der Waals surface area contributed by atoms with Gasteiger partial charge < -0.3 is 4.90 Å². The maximum Gasteiger partial charge on any atom is 0.242 e. The van der Waals surface area contributed by atoms with Gasteiger partial charge in [-0.1, -0.05) is 25.0 Å². The van der Waals surface area contributed by atoms with Crippen LogP contribution in [0.1, 0.15) is 44.2 Å². The molecule has 0 radical (unpaired) electrons. The Morgan fingerprint density at radius 2 is 1.76 bits per heavy atom. The summed E-state index contributed by atoms with van der Waals surface area (Å²) in [6.45, 7) is 1.75. The number of hydrogen-bond acceptors (Lipinski definition) is 5. The summed E-state index contributed by atoms with van der Waals surface area (Å²) >= 11 is 0. The van der Waals surface area contributed by atoms with Gasteiger partial charge in [-0.3, -0.25) is 19.3 Å². The number of aromatic nitrogens is 3. The van der Waals surface area contributed by atoms with E-state index in [-0.39, 0.29) is 42.1 Å². The van der Waals surface area contributed by atoms with E-state index in [9.17, 15) is 14.4 Å². The van der Waals surface area contributed by atoms with Crippen LogP contribution in [0.25, 0.3) is 5.69 Å². The highest BCUT2D eigenvalue weighted by Crippen LogP contribution is 2.38. The van der Waals surface area contributed by atoms with Gasteiger partial charge in [0.25, 0.3) is 0 Å². The average molecular weight is 395 g/mol. The van der Waals surface area contributed by atoms with Gasteiger partial charge in [-0.05, 0) is 37.5 Å². The SMILES string of the molecule is C[C@@H](c1ccc(-n2cncn2)cc1)N(C)C(=O)CN1C(=O)[C@H]2CCCC[C@H]2C1=O. The van der Waals surface area contributed by atoms with Gasteiger partial charge >= 0.3 is 0 Å². The molecule has 2 aromatic rings. The van der Waals surface area contributed by atoms with Gasteiger partial charge in [-0.15, -0.1) is 0 Å². The standard InChI is InChI=1S/C21H25N5O3/c1-14(15-7-9-16(10-8-15)26-13-22-12-23-26)24(2)19(27)11-25-20(28)17-5-3-4-6-18(17)21(25)29/h7-10,12-14,17-18H,3-6,11H2,1-2H3/t14-,17-,18+/m0/s1. The van der Waals surface area contributed by atoms with Gasteiger partial charge in [0, 0.05) is 7.05 Å². The number of carbonyl (C=O) groups is 3. The van der Waals surface area contributed by atoms with E-state index in [4.69, 9.17) is 0 Å². The Balaban J connectivity index is 1.42. The normalized spacial score (nSPS) is 22.5. The minimum absolute atomic E-state index is 0.175. The number of imide groups is 1. The molecular formula is C21H25N5O3. The van der Waals surface area contributed by atoms with Gasteiger partial charge in [0.05, 0.1) is 23.6 Å². The van der Waals surface area contributed by atoms with Crippen LogP contribution in [0.15, 0.2) is 36.9 Å². The van der Waals surface area contributed by atoms with Crippen molar-refractivity contribution >= 4 is 17.7 Å². The third-order valence-electron chi connectivity index (χ3n) is 6.26.